The number of fused-ring (bicyclic) bond motifs is 3. The van der Waals surface area contributed by atoms with E-state index < -0.39 is 23.2 Å². The molecule has 0 saturated heterocycles. The number of para-hydroxylation sites is 3. The lowest BCUT2D eigenvalue weighted by Crippen LogP contribution is -2.41. The number of hydrogen-bond acceptors (Lipinski definition) is 5. The van der Waals surface area contributed by atoms with Gasteiger partial charge in [0.2, 0.25) is 5.88 Å². The number of rotatable bonds is 4. The Balaban J connectivity index is 1.80. The van der Waals surface area contributed by atoms with Gasteiger partial charge in [0.1, 0.15) is 11.3 Å². The molecule has 1 aliphatic heterocycles. The molecule has 1 atom stereocenters. The zero-order valence-electron chi connectivity index (χ0n) is 17.9. The van der Waals surface area contributed by atoms with Gasteiger partial charge in [0.05, 0.1) is 18.8 Å². The molecular formula is C24H24N4O4. The molecule has 0 radical (unpaired) electrons. The van der Waals surface area contributed by atoms with Gasteiger partial charge in [0.15, 0.2) is 0 Å². The topological polar surface area (TPSA) is 103 Å². The molecule has 5 rings (SSSR count). The lowest BCUT2D eigenvalue weighted by Gasteiger charge is -2.35. The maximum Gasteiger partial charge on any atom is 0.335 e. The van der Waals surface area contributed by atoms with Crippen LogP contribution in [0.2, 0.25) is 0 Å². The molecule has 2 aromatic carbocycles. The van der Waals surface area contributed by atoms with Gasteiger partial charge in [-0.1, -0.05) is 37.3 Å². The first-order valence-corrected chi connectivity index (χ1v) is 10.6. The van der Waals surface area contributed by atoms with Crippen molar-refractivity contribution in [2.45, 2.75) is 19.4 Å². The third kappa shape index (κ3) is 2.95. The van der Waals surface area contributed by atoms with Gasteiger partial charge in [0.25, 0.3) is 5.56 Å². The summed E-state index contributed by atoms with van der Waals surface area (Å²) in [6.07, 6.45) is 0.828. The van der Waals surface area contributed by atoms with Crippen molar-refractivity contribution in [3.63, 3.8) is 0 Å². The Labute approximate surface area is 183 Å². The summed E-state index contributed by atoms with van der Waals surface area (Å²) in [5, 5.41) is 12.4. The molecule has 4 aromatic rings. The molecule has 3 N–H and O–H groups in total. The van der Waals surface area contributed by atoms with E-state index >= 15 is 0 Å². The van der Waals surface area contributed by atoms with E-state index in [-0.39, 0.29) is 5.56 Å². The van der Waals surface area contributed by atoms with Crippen LogP contribution >= 0.6 is 0 Å². The first-order valence-electron chi connectivity index (χ1n) is 10.6. The van der Waals surface area contributed by atoms with Crippen LogP contribution in [0.25, 0.3) is 16.6 Å². The number of hydrogen-bond donors (Lipinski definition) is 3. The first kappa shape index (κ1) is 20.1. The standard InChI is InChI=1S/C24H24N4O4/c1-3-27-13-12-15-14-8-4-5-9-16(14)25-20(15)21(27)19-22(29)26-24(31)28(23(19)30)17-10-6-7-11-18(17)32-2/h4-11,21,25,30H,3,12-13H2,1-2H3,(H,26,29,31). The van der Waals surface area contributed by atoms with Crippen LogP contribution in [0.4, 0.5) is 0 Å². The highest BCUT2D eigenvalue weighted by Gasteiger charge is 2.36. The normalized spacial score (nSPS) is 16.2. The molecule has 2 aromatic heterocycles. The summed E-state index contributed by atoms with van der Waals surface area (Å²) in [6.45, 7) is 3.41. The van der Waals surface area contributed by atoms with Crippen molar-refractivity contribution in [2.24, 2.45) is 0 Å². The maximum atomic E-state index is 13.1. The van der Waals surface area contributed by atoms with Gasteiger partial charge in [-0.2, -0.15) is 0 Å². The number of likely N-dealkylation sites (N-methyl/N-ethyl adjacent to an activating group) is 1. The van der Waals surface area contributed by atoms with Crippen LogP contribution in [0, 0.1) is 0 Å². The number of ether oxygens (including phenoxy) is 1. The Hall–Kier alpha value is -3.78. The highest BCUT2D eigenvalue weighted by Crippen LogP contribution is 2.40. The minimum absolute atomic E-state index is 0.130. The molecule has 32 heavy (non-hydrogen) atoms. The predicted molar refractivity (Wildman–Crippen MR) is 122 cm³/mol. The maximum absolute atomic E-state index is 13.1. The van der Waals surface area contributed by atoms with Crippen molar-refractivity contribution in [1.82, 2.24) is 19.4 Å². The van der Waals surface area contributed by atoms with E-state index in [2.05, 4.69) is 20.9 Å². The second-order valence-corrected chi connectivity index (χ2v) is 7.85. The van der Waals surface area contributed by atoms with Crippen LogP contribution in [-0.2, 0) is 6.42 Å². The molecule has 0 spiro atoms. The smallest absolute Gasteiger partial charge is 0.335 e. The van der Waals surface area contributed by atoms with Crippen molar-refractivity contribution in [2.75, 3.05) is 20.2 Å². The molecule has 8 nitrogen and oxygen atoms in total. The summed E-state index contributed by atoms with van der Waals surface area (Å²) in [5.41, 5.74) is 2.13. The zero-order valence-corrected chi connectivity index (χ0v) is 17.9. The number of benzene rings is 2. The summed E-state index contributed by atoms with van der Waals surface area (Å²) in [6, 6.07) is 14.4. The summed E-state index contributed by atoms with van der Waals surface area (Å²) in [4.78, 5) is 33.8. The van der Waals surface area contributed by atoms with Crippen molar-refractivity contribution in [3.05, 3.63) is 86.2 Å². The molecule has 0 saturated carbocycles. The Bertz CT molecular complexity index is 1430. The van der Waals surface area contributed by atoms with Crippen LogP contribution in [0.5, 0.6) is 11.6 Å². The zero-order chi connectivity index (χ0) is 22.4. The third-order valence-corrected chi connectivity index (χ3v) is 6.26. The van der Waals surface area contributed by atoms with Crippen LogP contribution in [0.15, 0.2) is 58.1 Å². The Morgan fingerprint density at radius 3 is 2.62 bits per heavy atom. The summed E-state index contributed by atoms with van der Waals surface area (Å²) in [7, 11) is 1.49. The Kier molecular flexibility index (Phi) is 4.86. The van der Waals surface area contributed by atoms with Gasteiger partial charge in [-0.05, 0) is 36.7 Å². The van der Waals surface area contributed by atoms with Crippen LogP contribution in [0.3, 0.4) is 0 Å². The van der Waals surface area contributed by atoms with Gasteiger partial charge in [0, 0.05) is 23.1 Å². The molecule has 0 bridgehead atoms. The van der Waals surface area contributed by atoms with E-state index in [0.717, 1.165) is 39.7 Å². The predicted octanol–water partition coefficient (Wildman–Crippen LogP) is 2.69. The summed E-state index contributed by atoms with van der Waals surface area (Å²) in [5.74, 6) is 0.0170. The van der Waals surface area contributed by atoms with E-state index in [4.69, 9.17) is 4.74 Å². The monoisotopic (exact) mass is 432 g/mol. The molecule has 1 unspecified atom stereocenters. The fourth-order valence-electron chi connectivity index (χ4n) is 4.78. The fourth-order valence-corrected chi connectivity index (χ4v) is 4.78. The van der Waals surface area contributed by atoms with Crippen LogP contribution < -0.4 is 16.0 Å². The van der Waals surface area contributed by atoms with E-state index in [1.165, 1.54) is 7.11 Å². The molecular weight excluding hydrogens is 408 g/mol. The van der Waals surface area contributed by atoms with E-state index in [1.54, 1.807) is 24.3 Å². The second kappa shape index (κ2) is 7.72. The van der Waals surface area contributed by atoms with Gasteiger partial charge in [-0.15, -0.1) is 0 Å². The number of aromatic hydroxyl groups is 1. The average Bonchev–Trinajstić information content (AvgIpc) is 3.18. The Morgan fingerprint density at radius 2 is 1.84 bits per heavy atom. The van der Waals surface area contributed by atoms with Gasteiger partial charge >= 0.3 is 5.69 Å². The first-order chi connectivity index (χ1) is 15.5. The quantitative estimate of drug-likeness (QED) is 0.460. The molecule has 164 valence electrons. The van der Waals surface area contributed by atoms with Crippen molar-refractivity contribution < 1.29 is 9.84 Å². The highest BCUT2D eigenvalue weighted by molar-refractivity contribution is 5.85. The second-order valence-electron chi connectivity index (χ2n) is 7.85. The number of aromatic amines is 2. The highest BCUT2D eigenvalue weighted by atomic mass is 16.5. The summed E-state index contributed by atoms with van der Waals surface area (Å²) >= 11 is 0. The molecule has 0 aliphatic carbocycles. The van der Waals surface area contributed by atoms with Gasteiger partial charge < -0.3 is 14.8 Å². The minimum Gasteiger partial charge on any atom is -0.495 e. The molecule has 0 amide bonds. The van der Waals surface area contributed by atoms with Gasteiger partial charge in [-0.3, -0.25) is 14.7 Å². The number of nitrogens with zero attached hydrogens (tertiary/aromatic N) is 2. The lowest BCUT2D eigenvalue weighted by molar-refractivity contribution is 0.215. The number of aromatic nitrogens is 3. The van der Waals surface area contributed by atoms with Crippen molar-refractivity contribution in [3.8, 4) is 17.3 Å². The lowest BCUT2D eigenvalue weighted by atomic mass is 9.93. The van der Waals surface area contributed by atoms with Crippen LogP contribution in [-0.4, -0.2) is 44.7 Å². The van der Waals surface area contributed by atoms with Crippen molar-refractivity contribution in [1.29, 1.82) is 0 Å². The van der Waals surface area contributed by atoms with Crippen molar-refractivity contribution >= 4 is 10.9 Å². The fraction of sp³-hybridized carbons (Fsp3) is 0.250. The molecule has 0 fully saturated rings. The van der Waals surface area contributed by atoms with E-state index in [0.29, 0.717) is 18.0 Å². The average molecular weight is 432 g/mol. The molecule has 8 heteroatoms. The van der Waals surface area contributed by atoms with Gasteiger partial charge in [-0.25, -0.2) is 9.36 Å². The third-order valence-electron chi connectivity index (χ3n) is 6.26. The largest absolute Gasteiger partial charge is 0.495 e. The number of methoxy groups -OCH3 is 1. The minimum atomic E-state index is -0.725. The number of H-pyrrole nitrogens is 2. The Morgan fingerprint density at radius 1 is 1.09 bits per heavy atom. The van der Waals surface area contributed by atoms with E-state index in [9.17, 15) is 14.7 Å². The molecule has 3 heterocycles. The van der Waals surface area contributed by atoms with E-state index in [1.807, 2.05) is 25.1 Å². The summed E-state index contributed by atoms with van der Waals surface area (Å²) < 4.78 is 6.48. The molecule has 1 aliphatic rings. The SMILES string of the molecule is CCN1CCc2c([nH]c3ccccc23)C1c1c(O)n(-c2ccccc2OC)c(=O)[nH]c1=O. The van der Waals surface area contributed by atoms with Crippen LogP contribution in [0.1, 0.15) is 29.8 Å². The number of nitrogens with one attached hydrogen (secondary N) is 2.